The maximum atomic E-state index is 4.16. The van der Waals surface area contributed by atoms with Crippen molar-refractivity contribution < 1.29 is 0 Å². The van der Waals surface area contributed by atoms with Gasteiger partial charge in [0.15, 0.2) is 0 Å². The van der Waals surface area contributed by atoms with E-state index in [4.69, 9.17) is 0 Å². The van der Waals surface area contributed by atoms with Crippen LogP contribution in [0.15, 0.2) is 35.3 Å². The fourth-order valence-electron chi connectivity index (χ4n) is 1.57. The molecule has 2 rings (SSSR count). The molecule has 5 heteroatoms. The van der Waals surface area contributed by atoms with Gasteiger partial charge in [0, 0.05) is 10.5 Å². The summed E-state index contributed by atoms with van der Waals surface area (Å²) < 4.78 is 2.84. The maximum Gasteiger partial charge on any atom is 0.138 e. The highest BCUT2D eigenvalue weighted by Crippen LogP contribution is 2.24. The van der Waals surface area contributed by atoms with E-state index in [-0.39, 0.29) is 6.04 Å². The first-order valence-corrected chi connectivity index (χ1v) is 5.83. The molecule has 0 radical (unpaired) electrons. The van der Waals surface area contributed by atoms with Crippen molar-refractivity contribution >= 4 is 15.9 Å². The fraction of sp³-hybridized carbons (Fsp3) is 0.273. The molecule has 0 aliphatic rings. The third-order valence-corrected chi connectivity index (χ3v) is 3.05. The molecular formula is C11H13BrN4. The molecule has 2 aromatic rings. The number of halogens is 1. The third-order valence-electron chi connectivity index (χ3n) is 2.55. The maximum absolute atomic E-state index is 4.16. The van der Waals surface area contributed by atoms with Crippen LogP contribution in [0.25, 0.3) is 5.69 Å². The van der Waals surface area contributed by atoms with Crippen LogP contribution < -0.4 is 5.32 Å². The minimum atomic E-state index is 0.261. The molecule has 4 nitrogen and oxygen atoms in total. The van der Waals surface area contributed by atoms with E-state index < -0.39 is 0 Å². The van der Waals surface area contributed by atoms with Gasteiger partial charge in [-0.25, -0.2) is 9.67 Å². The largest absolute Gasteiger partial charge is 0.313 e. The van der Waals surface area contributed by atoms with E-state index in [0.29, 0.717) is 0 Å². The Morgan fingerprint density at radius 2 is 2.25 bits per heavy atom. The highest BCUT2D eigenvalue weighted by atomic mass is 79.9. The second-order valence-corrected chi connectivity index (χ2v) is 4.47. The Morgan fingerprint density at radius 3 is 2.88 bits per heavy atom. The van der Waals surface area contributed by atoms with Crippen molar-refractivity contribution in [1.29, 1.82) is 0 Å². The molecule has 0 spiro atoms. The fourth-order valence-corrected chi connectivity index (χ4v) is 1.95. The Labute approximate surface area is 103 Å². The van der Waals surface area contributed by atoms with Gasteiger partial charge in [-0.3, -0.25) is 0 Å². The van der Waals surface area contributed by atoms with Gasteiger partial charge in [0.05, 0.1) is 5.69 Å². The van der Waals surface area contributed by atoms with E-state index in [1.165, 1.54) is 11.9 Å². The van der Waals surface area contributed by atoms with Gasteiger partial charge in [-0.1, -0.05) is 15.9 Å². The summed E-state index contributed by atoms with van der Waals surface area (Å²) in [5.74, 6) is 0. The summed E-state index contributed by atoms with van der Waals surface area (Å²) in [6, 6.07) is 6.39. The van der Waals surface area contributed by atoms with Crippen LogP contribution in [-0.2, 0) is 0 Å². The summed E-state index contributed by atoms with van der Waals surface area (Å²) in [6.07, 6.45) is 3.24. The van der Waals surface area contributed by atoms with Gasteiger partial charge in [0.25, 0.3) is 0 Å². The van der Waals surface area contributed by atoms with Crippen LogP contribution in [0, 0.1) is 0 Å². The van der Waals surface area contributed by atoms with E-state index >= 15 is 0 Å². The summed E-state index contributed by atoms with van der Waals surface area (Å²) in [6.45, 7) is 2.11. The molecule has 0 saturated carbocycles. The van der Waals surface area contributed by atoms with Crippen molar-refractivity contribution in [3.05, 3.63) is 40.9 Å². The number of hydrogen-bond acceptors (Lipinski definition) is 3. The zero-order valence-corrected chi connectivity index (χ0v) is 10.8. The molecule has 0 saturated heterocycles. The van der Waals surface area contributed by atoms with Crippen LogP contribution in [0.1, 0.15) is 18.5 Å². The zero-order chi connectivity index (χ0) is 11.5. The molecule has 16 heavy (non-hydrogen) atoms. The Morgan fingerprint density at radius 1 is 1.44 bits per heavy atom. The second-order valence-electron chi connectivity index (χ2n) is 3.55. The quantitative estimate of drug-likeness (QED) is 0.938. The van der Waals surface area contributed by atoms with Crippen molar-refractivity contribution in [2.24, 2.45) is 0 Å². The first kappa shape index (κ1) is 11.3. The number of hydrogen-bond donors (Lipinski definition) is 1. The van der Waals surface area contributed by atoms with Crippen LogP contribution in [0.2, 0.25) is 0 Å². The Balaban J connectivity index is 2.52. The number of nitrogens with zero attached hydrogens (tertiary/aromatic N) is 3. The van der Waals surface area contributed by atoms with Crippen molar-refractivity contribution in [1.82, 2.24) is 20.1 Å². The van der Waals surface area contributed by atoms with E-state index in [1.54, 1.807) is 11.0 Å². The first-order chi connectivity index (χ1) is 7.72. The molecule has 0 aliphatic heterocycles. The lowest BCUT2D eigenvalue weighted by atomic mass is 10.1. The Hall–Kier alpha value is -1.20. The summed E-state index contributed by atoms with van der Waals surface area (Å²) in [5, 5.41) is 7.38. The van der Waals surface area contributed by atoms with Crippen LogP contribution in [0.3, 0.4) is 0 Å². The molecule has 0 aliphatic carbocycles. The molecular weight excluding hydrogens is 268 g/mol. The number of rotatable bonds is 3. The van der Waals surface area contributed by atoms with Gasteiger partial charge < -0.3 is 5.32 Å². The van der Waals surface area contributed by atoms with E-state index in [0.717, 1.165) is 10.2 Å². The molecule has 1 aromatic carbocycles. The second kappa shape index (κ2) is 4.76. The van der Waals surface area contributed by atoms with E-state index in [2.05, 4.69) is 44.3 Å². The summed E-state index contributed by atoms with van der Waals surface area (Å²) in [5.41, 5.74) is 2.23. The van der Waals surface area contributed by atoms with Crippen molar-refractivity contribution in [2.45, 2.75) is 13.0 Å². The number of aromatic nitrogens is 3. The average molecular weight is 281 g/mol. The lowest BCUT2D eigenvalue weighted by Gasteiger charge is -2.15. The van der Waals surface area contributed by atoms with Gasteiger partial charge >= 0.3 is 0 Å². The van der Waals surface area contributed by atoms with E-state index in [1.807, 2.05) is 19.2 Å². The lowest BCUT2D eigenvalue weighted by molar-refractivity contribution is 0.643. The standard InChI is InChI=1S/C11H13BrN4/c1-8(13-2)10-5-9(12)3-4-11(10)16-7-14-6-15-16/h3-8,13H,1-2H3. The molecule has 1 atom stereocenters. The number of benzene rings is 1. The predicted molar refractivity (Wildman–Crippen MR) is 66.5 cm³/mol. The number of nitrogens with one attached hydrogen (secondary N) is 1. The first-order valence-electron chi connectivity index (χ1n) is 5.04. The van der Waals surface area contributed by atoms with E-state index in [9.17, 15) is 0 Å². The van der Waals surface area contributed by atoms with Crippen molar-refractivity contribution in [3.63, 3.8) is 0 Å². The highest BCUT2D eigenvalue weighted by molar-refractivity contribution is 9.10. The summed E-state index contributed by atoms with van der Waals surface area (Å²) in [7, 11) is 1.94. The molecule has 1 aromatic heterocycles. The van der Waals surface area contributed by atoms with Crippen LogP contribution in [0.5, 0.6) is 0 Å². The van der Waals surface area contributed by atoms with Crippen LogP contribution >= 0.6 is 15.9 Å². The zero-order valence-electron chi connectivity index (χ0n) is 9.18. The minimum absolute atomic E-state index is 0.261. The third kappa shape index (κ3) is 2.15. The average Bonchev–Trinajstić information content (AvgIpc) is 2.81. The van der Waals surface area contributed by atoms with Crippen molar-refractivity contribution in [2.75, 3.05) is 7.05 Å². The molecule has 0 bridgehead atoms. The van der Waals surface area contributed by atoms with Crippen molar-refractivity contribution in [3.8, 4) is 5.69 Å². The predicted octanol–water partition coefficient (Wildman–Crippen LogP) is 2.31. The molecule has 1 unspecified atom stereocenters. The molecule has 84 valence electrons. The van der Waals surface area contributed by atoms with Crippen LogP contribution in [0.4, 0.5) is 0 Å². The highest BCUT2D eigenvalue weighted by Gasteiger charge is 2.11. The topological polar surface area (TPSA) is 42.7 Å². The molecule has 0 fully saturated rings. The van der Waals surface area contributed by atoms with Gasteiger partial charge in [-0.2, -0.15) is 5.10 Å². The monoisotopic (exact) mass is 280 g/mol. The summed E-state index contributed by atoms with van der Waals surface area (Å²) in [4.78, 5) is 3.97. The summed E-state index contributed by atoms with van der Waals surface area (Å²) >= 11 is 3.48. The van der Waals surface area contributed by atoms with Crippen LogP contribution in [-0.4, -0.2) is 21.8 Å². The van der Waals surface area contributed by atoms with Gasteiger partial charge in [0.1, 0.15) is 12.7 Å². The molecule has 1 heterocycles. The minimum Gasteiger partial charge on any atom is -0.313 e. The Bertz CT molecular complexity index is 467. The smallest absolute Gasteiger partial charge is 0.138 e. The lowest BCUT2D eigenvalue weighted by Crippen LogP contribution is -2.15. The van der Waals surface area contributed by atoms with Gasteiger partial charge in [0.2, 0.25) is 0 Å². The van der Waals surface area contributed by atoms with Gasteiger partial charge in [-0.05, 0) is 37.7 Å². The van der Waals surface area contributed by atoms with Gasteiger partial charge in [-0.15, -0.1) is 0 Å². The normalized spacial score (nSPS) is 12.7. The SMILES string of the molecule is CNC(C)c1cc(Br)ccc1-n1cncn1. The molecule has 1 N–H and O–H groups in total. The Kier molecular flexibility index (Phi) is 3.36. The molecule has 0 amide bonds.